The molecule has 1 aromatic carbocycles. The lowest BCUT2D eigenvalue weighted by Gasteiger charge is -1.92. The van der Waals surface area contributed by atoms with Gasteiger partial charge in [0.25, 0.3) is 0 Å². The van der Waals surface area contributed by atoms with E-state index in [0.717, 1.165) is 5.56 Å². The smallest absolute Gasteiger partial charge is 0.116 e. The Kier molecular flexibility index (Phi) is 2.51. The van der Waals surface area contributed by atoms with Crippen molar-refractivity contribution in [3.63, 3.8) is 0 Å². The maximum absolute atomic E-state index is 8.99. The summed E-state index contributed by atoms with van der Waals surface area (Å²) in [6, 6.07) is 7.05. The lowest BCUT2D eigenvalue weighted by Crippen LogP contribution is -1.68. The van der Waals surface area contributed by atoms with Crippen molar-refractivity contribution in [2.45, 2.75) is 0 Å². The Labute approximate surface area is 68.1 Å². The molecule has 0 aliphatic heterocycles. The highest BCUT2D eigenvalue weighted by molar-refractivity contribution is 9.11. The van der Waals surface area contributed by atoms with Crippen LogP contribution in [-0.4, -0.2) is 5.11 Å². The monoisotopic (exact) mass is 198 g/mol. The molecule has 0 radical (unpaired) electrons. The molecule has 0 spiro atoms. The van der Waals surface area contributed by atoms with Crippen LogP contribution in [0.2, 0.25) is 0 Å². The summed E-state index contributed by atoms with van der Waals surface area (Å²) < 4.78 is 0. The molecule has 0 saturated heterocycles. The first-order valence-electron chi connectivity index (χ1n) is 2.89. The Morgan fingerprint density at radius 3 is 2.80 bits per heavy atom. The van der Waals surface area contributed by atoms with Gasteiger partial charge < -0.3 is 5.11 Å². The van der Waals surface area contributed by atoms with E-state index in [9.17, 15) is 0 Å². The molecule has 2 heteroatoms. The van der Waals surface area contributed by atoms with E-state index in [1.165, 1.54) is 0 Å². The molecule has 0 fully saturated rings. The van der Waals surface area contributed by atoms with Crippen LogP contribution in [0.5, 0.6) is 5.75 Å². The van der Waals surface area contributed by atoms with Crippen LogP contribution in [-0.2, 0) is 0 Å². The molecular formula is C8H7BrO. The van der Waals surface area contributed by atoms with Crippen LogP contribution in [0.15, 0.2) is 29.3 Å². The highest BCUT2D eigenvalue weighted by Crippen LogP contribution is 2.12. The molecule has 0 aliphatic carbocycles. The van der Waals surface area contributed by atoms with Crippen molar-refractivity contribution in [1.29, 1.82) is 0 Å². The first kappa shape index (κ1) is 7.35. The van der Waals surface area contributed by atoms with Gasteiger partial charge in [-0.2, -0.15) is 0 Å². The van der Waals surface area contributed by atoms with Gasteiger partial charge in [0.15, 0.2) is 0 Å². The molecular weight excluding hydrogens is 192 g/mol. The van der Waals surface area contributed by atoms with E-state index in [2.05, 4.69) is 15.9 Å². The molecule has 0 saturated carbocycles. The number of rotatable bonds is 1. The van der Waals surface area contributed by atoms with Gasteiger partial charge in [-0.25, -0.2) is 0 Å². The summed E-state index contributed by atoms with van der Waals surface area (Å²) in [4.78, 5) is 1.75. The second-order valence-electron chi connectivity index (χ2n) is 1.89. The summed E-state index contributed by atoms with van der Waals surface area (Å²) in [5, 5.41) is 8.99. The number of benzene rings is 1. The minimum absolute atomic E-state index is 0.295. The SMILES string of the molecule is Oc1cccc(C=CBr)c1. The Balaban J connectivity index is 2.95. The van der Waals surface area contributed by atoms with Crippen molar-refractivity contribution in [3.05, 3.63) is 34.8 Å². The number of aromatic hydroxyl groups is 1. The van der Waals surface area contributed by atoms with Crippen LogP contribution in [0.4, 0.5) is 0 Å². The van der Waals surface area contributed by atoms with Crippen molar-refractivity contribution >= 4 is 22.0 Å². The van der Waals surface area contributed by atoms with Gasteiger partial charge in [0.2, 0.25) is 0 Å². The normalized spacial score (nSPS) is 10.5. The Hall–Kier alpha value is -0.760. The van der Waals surface area contributed by atoms with Gasteiger partial charge in [0.1, 0.15) is 5.75 Å². The molecule has 1 aromatic rings. The van der Waals surface area contributed by atoms with E-state index < -0.39 is 0 Å². The van der Waals surface area contributed by atoms with E-state index >= 15 is 0 Å². The summed E-state index contributed by atoms with van der Waals surface area (Å²) in [7, 11) is 0. The summed E-state index contributed by atoms with van der Waals surface area (Å²) in [5.41, 5.74) is 0.983. The average molecular weight is 199 g/mol. The third-order valence-electron chi connectivity index (χ3n) is 1.13. The predicted molar refractivity (Wildman–Crippen MR) is 46.1 cm³/mol. The molecule has 10 heavy (non-hydrogen) atoms. The van der Waals surface area contributed by atoms with Crippen LogP contribution in [0.3, 0.4) is 0 Å². The van der Waals surface area contributed by atoms with Gasteiger partial charge in [-0.3, -0.25) is 0 Å². The maximum Gasteiger partial charge on any atom is 0.116 e. The van der Waals surface area contributed by atoms with Crippen molar-refractivity contribution in [1.82, 2.24) is 0 Å². The molecule has 1 rings (SSSR count). The molecule has 0 unspecified atom stereocenters. The molecule has 0 amide bonds. The fourth-order valence-electron chi connectivity index (χ4n) is 0.701. The van der Waals surface area contributed by atoms with Gasteiger partial charge in [0.05, 0.1) is 0 Å². The zero-order chi connectivity index (χ0) is 7.40. The third-order valence-corrected chi connectivity index (χ3v) is 1.39. The topological polar surface area (TPSA) is 20.2 Å². The Morgan fingerprint density at radius 1 is 1.40 bits per heavy atom. The van der Waals surface area contributed by atoms with Crippen molar-refractivity contribution in [3.8, 4) is 5.75 Å². The molecule has 0 aromatic heterocycles. The largest absolute Gasteiger partial charge is 0.508 e. The van der Waals surface area contributed by atoms with Crippen LogP contribution >= 0.6 is 15.9 Å². The zero-order valence-corrected chi connectivity index (χ0v) is 6.88. The van der Waals surface area contributed by atoms with Crippen LogP contribution in [0.25, 0.3) is 6.08 Å². The zero-order valence-electron chi connectivity index (χ0n) is 5.29. The molecule has 0 bridgehead atoms. The van der Waals surface area contributed by atoms with Crippen LogP contribution < -0.4 is 0 Å². The van der Waals surface area contributed by atoms with Crippen molar-refractivity contribution in [2.75, 3.05) is 0 Å². The van der Waals surface area contributed by atoms with Crippen molar-refractivity contribution < 1.29 is 5.11 Å². The second kappa shape index (κ2) is 3.42. The molecule has 52 valence electrons. The lowest BCUT2D eigenvalue weighted by atomic mass is 10.2. The number of phenols is 1. The standard InChI is InChI=1S/C8H7BrO/c9-5-4-7-2-1-3-8(10)6-7/h1-6,10H. The van der Waals surface area contributed by atoms with Crippen LogP contribution in [0.1, 0.15) is 5.56 Å². The molecule has 0 heterocycles. The fourth-order valence-corrected chi connectivity index (χ4v) is 1.01. The van der Waals surface area contributed by atoms with Gasteiger partial charge >= 0.3 is 0 Å². The van der Waals surface area contributed by atoms with E-state index in [1.807, 2.05) is 12.1 Å². The summed E-state index contributed by atoms with van der Waals surface area (Å²) in [5.74, 6) is 0.295. The summed E-state index contributed by atoms with van der Waals surface area (Å²) >= 11 is 3.15. The summed E-state index contributed by atoms with van der Waals surface area (Å²) in [6.45, 7) is 0. The number of hydrogen-bond acceptors (Lipinski definition) is 1. The van der Waals surface area contributed by atoms with Gasteiger partial charge in [-0.1, -0.05) is 28.1 Å². The van der Waals surface area contributed by atoms with E-state index in [1.54, 1.807) is 23.2 Å². The molecule has 0 aliphatic rings. The van der Waals surface area contributed by atoms with E-state index in [4.69, 9.17) is 5.11 Å². The highest BCUT2D eigenvalue weighted by Gasteiger charge is 1.86. The molecule has 1 N–H and O–H groups in total. The maximum atomic E-state index is 8.99. The van der Waals surface area contributed by atoms with Crippen molar-refractivity contribution in [2.24, 2.45) is 0 Å². The van der Waals surface area contributed by atoms with Gasteiger partial charge in [-0.05, 0) is 28.8 Å². The van der Waals surface area contributed by atoms with Crippen LogP contribution in [0, 0.1) is 0 Å². The first-order chi connectivity index (χ1) is 4.83. The highest BCUT2D eigenvalue weighted by atomic mass is 79.9. The molecule has 1 nitrogen and oxygen atoms in total. The van der Waals surface area contributed by atoms with E-state index in [0.29, 0.717) is 5.75 Å². The second-order valence-corrected chi connectivity index (χ2v) is 2.42. The third kappa shape index (κ3) is 1.88. The van der Waals surface area contributed by atoms with Gasteiger partial charge in [-0.15, -0.1) is 0 Å². The fraction of sp³-hybridized carbons (Fsp3) is 0. The number of phenolic OH excluding ortho intramolecular Hbond substituents is 1. The lowest BCUT2D eigenvalue weighted by molar-refractivity contribution is 0.475. The number of halogens is 1. The van der Waals surface area contributed by atoms with Gasteiger partial charge in [0, 0.05) is 0 Å². The summed E-state index contributed by atoms with van der Waals surface area (Å²) in [6.07, 6.45) is 1.86. The molecule has 0 atom stereocenters. The number of hydrogen-bond donors (Lipinski definition) is 1. The average Bonchev–Trinajstić information content (AvgIpc) is 1.88. The first-order valence-corrected chi connectivity index (χ1v) is 3.80. The van der Waals surface area contributed by atoms with E-state index in [-0.39, 0.29) is 0 Å². The Bertz CT molecular complexity index is 243. The minimum Gasteiger partial charge on any atom is -0.508 e. The minimum atomic E-state index is 0.295. The predicted octanol–water partition coefficient (Wildman–Crippen LogP) is 2.76. The quantitative estimate of drug-likeness (QED) is 0.737. The Morgan fingerprint density at radius 2 is 2.20 bits per heavy atom.